The second-order valence-corrected chi connectivity index (χ2v) is 4.70. The van der Waals surface area contributed by atoms with Gasteiger partial charge in [-0.15, -0.1) is 0 Å². The maximum atomic E-state index is 11.9. The quantitative estimate of drug-likeness (QED) is 0.697. The summed E-state index contributed by atoms with van der Waals surface area (Å²) in [5, 5.41) is 0.851. The normalized spacial score (nSPS) is 20.5. The third-order valence-electron chi connectivity index (χ3n) is 2.63. The van der Waals surface area contributed by atoms with Gasteiger partial charge in [0.1, 0.15) is 0 Å². The van der Waals surface area contributed by atoms with Crippen LogP contribution in [0.3, 0.4) is 0 Å². The van der Waals surface area contributed by atoms with Crippen molar-refractivity contribution in [3.05, 3.63) is 0 Å². The molecule has 0 spiro atoms. The SMILES string of the molecule is CCCN(CCBr)C(=O)CC1CCCO1. The molecular weight excluding hydrogens is 258 g/mol. The number of hydrogen-bond donors (Lipinski definition) is 0. The van der Waals surface area contributed by atoms with E-state index in [9.17, 15) is 4.79 Å². The lowest BCUT2D eigenvalue weighted by Gasteiger charge is -2.22. The lowest BCUT2D eigenvalue weighted by Crippen LogP contribution is -2.35. The van der Waals surface area contributed by atoms with Crippen LogP contribution in [0.1, 0.15) is 32.6 Å². The fourth-order valence-corrected chi connectivity index (χ4v) is 2.29. The first-order valence-electron chi connectivity index (χ1n) is 5.73. The van der Waals surface area contributed by atoms with Crippen LogP contribution in [0.2, 0.25) is 0 Å². The van der Waals surface area contributed by atoms with Gasteiger partial charge in [-0.2, -0.15) is 0 Å². The van der Waals surface area contributed by atoms with Gasteiger partial charge < -0.3 is 9.64 Å². The summed E-state index contributed by atoms with van der Waals surface area (Å²) in [4.78, 5) is 13.8. The van der Waals surface area contributed by atoms with Gasteiger partial charge in [-0.25, -0.2) is 0 Å². The number of ether oxygens (including phenoxy) is 1. The second-order valence-electron chi connectivity index (χ2n) is 3.91. The van der Waals surface area contributed by atoms with E-state index in [2.05, 4.69) is 22.9 Å². The Kier molecular flexibility index (Phi) is 6.25. The Bertz CT molecular complexity index is 187. The van der Waals surface area contributed by atoms with Crippen molar-refractivity contribution in [3.63, 3.8) is 0 Å². The first-order chi connectivity index (χ1) is 7.27. The van der Waals surface area contributed by atoms with Crippen LogP contribution < -0.4 is 0 Å². The van der Waals surface area contributed by atoms with Crippen molar-refractivity contribution in [1.29, 1.82) is 0 Å². The van der Waals surface area contributed by atoms with Gasteiger partial charge in [0, 0.05) is 25.0 Å². The van der Waals surface area contributed by atoms with E-state index in [1.165, 1.54) is 0 Å². The van der Waals surface area contributed by atoms with Gasteiger partial charge in [0.05, 0.1) is 12.5 Å². The zero-order valence-electron chi connectivity index (χ0n) is 9.38. The molecule has 1 rings (SSSR count). The molecule has 0 saturated carbocycles. The Morgan fingerprint density at radius 1 is 1.53 bits per heavy atom. The van der Waals surface area contributed by atoms with Crippen LogP contribution >= 0.6 is 15.9 Å². The van der Waals surface area contributed by atoms with Crippen molar-refractivity contribution in [3.8, 4) is 0 Å². The first kappa shape index (κ1) is 13.0. The van der Waals surface area contributed by atoms with E-state index in [1.54, 1.807) is 0 Å². The van der Waals surface area contributed by atoms with Gasteiger partial charge in [-0.1, -0.05) is 22.9 Å². The zero-order chi connectivity index (χ0) is 11.1. The molecule has 0 aromatic carbocycles. The van der Waals surface area contributed by atoms with Gasteiger partial charge in [0.15, 0.2) is 0 Å². The van der Waals surface area contributed by atoms with Gasteiger partial charge in [0.25, 0.3) is 0 Å². The molecule has 1 unspecified atom stereocenters. The van der Waals surface area contributed by atoms with E-state index in [-0.39, 0.29) is 12.0 Å². The summed E-state index contributed by atoms with van der Waals surface area (Å²) in [7, 11) is 0. The fourth-order valence-electron chi connectivity index (χ4n) is 1.86. The van der Waals surface area contributed by atoms with Crippen molar-refractivity contribution >= 4 is 21.8 Å². The van der Waals surface area contributed by atoms with E-state index < -0.39 is 0 Å². The molecule has 1 heterocycles. The smallest absolute Gasteiger partial charge is 0.225 e. The summed E-state index contributed by atoms with van der Waals surface area (Å²) in [5.74, 6) is 0.239. The molecule has 4 heteroatoms. The lowest BCUT2D eigenvalue weighted by molar-refractivity contribution is -0.133. The average Bonchev–Trinajstić information content (AvgIpc) is 2.70. The molecule has 1 atom stereocenters. The van der Waals surface area contributed by atoms with E-state index in [4.69, 9.17) is 4.74 Å². The summed E-state index contributed by atoms with van der Waals surface area (Å²) < 4.78 is 5.47. The molecule has 0 radical (unpaired) electrons. The van der Waals surface area contributed by atoms with Gasteiger partial charge in [-0.05, 0) is 19.3 Å². The number of carbonyl (C=O) groups is 1. The summed E-state index contributed by atoms with van der Waals surface area (Å²) in [5.41, 5.74) is 0. The topological polar surface area (TPSA) is 29.5 Å². The number of halogens is 1. The minimum Gasteiger partial charge on any atom is -0.378 e. The molecule has 1 aliphatic heterocycles. The van der Waals surface area contributed by atoms with Crippen LogP contribution in [0.25, 0.3) is 0 Å². The highest BCUT2D eigenvalue weighted by molar-refractivity contribution is 9.09. The number of nitrogens with zero attached hydrogens (tertiary/aromatic N) is 1. The molecule has 0 aliphatic carbocycles. The van der Waals surface area contributed by atoms with Crippen LogP contribution in [0.5, 0.6) is 0 Å². The van der Waals surface area contributed by atoms with Gasteiger partial charge in [-0.3, -0.25) is 4.79 Å². The average molecular weight is 278 g/mol. The van der Waals surface area contributed by atoms with E-state index in [0.29, 0.717) is 6.42 Å². The Morgan fingerprint density at radius 3 is 2.87 bits per heavy atom. The fraction of sp³-hybridized carbons (Fsp3) is 0.909. The van der Waals surface area contributed by atoms with E-state index in [0.717, 1.165) is 44.3 Å². The van der Waals surface area contributed by atoms with Crippen molar-refractivity contribution in [2.75, 3.05) is 25.0 Å². The Morgan fingerprint density at radius 2 is 2.33 bits per heavy atom. The third kappa shape index (κ3) is 4.51. The highest BCUT2D eigenvalue weighted by Gasteiger charge is 2.21. The molecule has 0 bridgehead atoms. The monoisotopic (exact) mass is 277 g/mol. The molecule has 1 fully saturated rings. The van der Waals surface area contributed by atoms with Crippen LogP contribution in [0, 0.1) is 0 Å². The van der Waals surface area contributed by atoms with Gasteiger partial charge in [0.2, 0.25) is 5.91 Å². The van der Waals surface area contributed by atoms with E-state index >= 15 is 0 Å². The molecular formula is C11H20BrNO2. The summed E-state index contributed by atoms with van der Waals surface area (Å²) in [6.45, 7) is 4.58. The largest absolute Gasteiger partial charge is 0.378 e. The molecule has 3 nitrogen and oxygen atoms in total. The molecule has 88 valence electrons. The van der Waals surface area contributed by atoms with Crippen molar-refractivity contribution in [1.82, 2.24) is 4.90 Å². The molecule has 1 aliphatic rings. The lowest BCUT2D eigenvalue weighted by atomic mass is 10.1. The zero-order valence-corrected chi connectivity index (χ0v) is 11.0. The second kappa shape index (κ2) is 7.23. The summed E-state index contributed by atoms with van der Waals surface area (Å²) in [6, 6.07) is 0. The molecule has 0 aromatic heterocycles. The third-order valence-corrected chi connectivity index (χ3v) is 2.98. The van der Waals surface area contributed by atoms with Crippen LogP contribution in [0.15, 0.2) is 0 Å². The van der Waals surface area contributed by atoms with Crippen molar-refractivity contribution < 1.29 is 9.53 Å². The van der Waals surface area contributed by atoms with Crippen LogP contribution in [0.4, 0.5) is 0 Å². The number of carbonyl (C=O) groups excluding carboxylic acids is 1. The number of alkyl halides is 1. The van der Waals surface area contributed by atoms with Gasteiger partial charge >= 0.3 is 0 Å². The van der Waals surface area contributed by atoms with Crippen LogP contribution in [-0.4, -0.2) is 41.9 Å². The van der Waals surface area contributed by atoms with E-state index in [1.807, 2.05) is 4.90 Å². The highest BCUT2D eigenvalue weighted by Crippen LogP contribution is 2.16. The maximum absolute atomic E-state index is 11.9. The Hall–Kier alpha value is -0.0900. The first-order valence-corrected chi connectivity index (χ1v) is 6.85. The number of amides is 1. The molecule has 1 saturated heterocycles. The van der Waals surface area contributed by atoms with Crippen molar-refractivity contribution in [2.45, 2.75) is 38.7 Å². The maximum Gasteiger partial charge on any atom is 0.225 e. The number of rotatable bonds is 6. The molecule has 1 amide bonds. The molecule has 15 heavy (non-hydrogen) atoms. The molecule has 0 aromatic rings. The predicted octanol–water partition coefficient (Wildman–Crippen LogP) is 2.19. The Labute approximate surface area is 100 Å². The van der Waals surface area contributed by atoms with Crippen LogP contribution in [-0.2, 0) is 9.53 Å². The standard InChI is InChI=1S/C11H20BrNO2/c1-2-6-13(7-5-12)11(14)9-10-4-3-8-15-10/h10H,2-9H2,1H3. The number of hydrogen-bond acceptors (Lipinski definition) is 2. The molecule has 0 N–H and O–H groups in total. The minimum absolute atomic E-state index is 0.173. The van der Waals surface area contributed by atoms with Crippen molar-refractivity contribution in [2.24, 2.45) is 0 Å². The minimum atomic E-state index is 0.173. The predicted molar refractivity (Wildman–Crippen MR) is 64.3 cm³/mol. The summed E-state index contributed by atoms with van der Waals surface area (Å²) in [6.07, 6.45) is 3.90. The highest BCUT2D eigenvalue weighted by atomic mass is 79.9. The Balaban J connectivity index is 2.33. The summed E-state index contributed by atoms with van der Waals surface area (Å²) >= 11 is 3.38.